The Morgan fingerprint density at radius 3 is 2.50 bits per heavy atom. The third kappa shape index (κ3) is 2.86. The first-order valence-electron chi connectivity index (χ1n) is 6.55. The predicted octanol–water partition coefficient (Wildman–Crippen LogP) is 2.83. The molecule has 0 bridgehead atoms. The lowest BCUT2D eigenvalue weighted by atomic mass is 9.92. The van der Waals surface area contributed by atoms with Crippen molar-refractivity contribution in [2.24, 2.45) is 0 Å². The Morgan fingerprint density at radius 1 is 1.33 bits per heavy atom. The van der Waals surface area contributed by atoms with Crippen LogP contribution >= 0.6 is 0 Å². The smallest absolute Gasteiger partial charge is 0.239 e. The van der Waals surface area contributed by atoms with Crippen LogP contribution in [0, 0.1) is 0 Å². The number of rotatable bonds is 3. The summed E-state index contributed by atoms with van der Waals surface area (Å²) < 4.78 is 5.79. The van der Waals surface area contributed by atoms with Gasteiger partial charge in [-0.15, -0.1) is 0 Å². The van der Waals surface area contributed by atoms with Gasteiger partial charge in [0, 0.05) is 13.1 Å². The van der Waals surface area contributed by atoms with Gasteiger partial charge < -0.3 is 15.4 Å². The predicted molar refractivity (Wildman–Crippen MR) is 75.1 cm³/mol. The van der Waals surface area contributed by atoms with Crippen molar-refractivity contribution >= 4 is 11.5 Å². The molecule has 2 N–H and O–H groups in total. The van der Waals surface area contributed by atoms with Crippen LogP contribution in [0.5, 0.6) is 5.88 Å². The number of hydrogen-bond acceptors (Lipinski definition) is 4. The maximum atomic E-state index is 5.91. The molecule has 1 aliphatic rings. The van der Waals surface area contributed by atoms with Crippen LogP contribution in [-0.2, 0) is 0 Å². The molecule has 100 valence electrons. The second-order valence-electron chi connectivity index (χ2n) is 5.97. The van der Waals surface area contributed by atoms with Crippen molar-refractivity contribution in [2.45, 2.75) is 51.7 Å². The summed E-state index contributed by atoms with van der Waals surface area (Å²) in [6.45, 7) is 5.99. The molecule has 1 fully saturated rings. The van der Waals surface area contributed by atoms with Crippen molar-refractivity contribution in [2.75, 3.05) is 17.7 Å². The maximum absolute atomic E-state index is 5.91. The lowest BCUT2D eigenvalue weighted by Gasteiger charge is -2.35. The molecule has 0 atom stereocenters. The summed E-state index contributed by atoms with van der Waals surface area (Å²) in [6, 6.07) is 4.45. The third-order valence-corrected chi connectivity index (χ3v) is 3.26. The van der Waals surface area contributed by atoms with E-state index in [0.717, 1.165) is 5.82 Å². The molecule has 0 aromatic carbocycles. The molecule has 0 unspecified atom stereocenters. The van der Waals surface area contributed by atoms with Crippen LogP contribution in [-0.4, -0.2) is 23.7 Å². The van der Waals surface area contributed by atoms with Crippen molar-refractivity contribution in [3.63, 3.8) is 0 Å². The Labute approximate surface area is 109 Å². The van der Waals surface area contributed by atoms with E-state index in [1.54, 1.807) is 0 Å². The fourth-order valence-corrected chi connectivity index (χ4v) is 1.97. The number of anilines is 2. The van der Waals surface area contributed by atoms with Gasteiger partial charge in [-0.05, 0) is 52.2 Å². The molecule has 1 saturated carbocycles. The number of nitrogen functional groups attached to an aromatic ring is 1. The molecule has 0 spiro atoms. The number of nitrogens with two attached hydrogens (primary N) is 1. The molecule has 1 aromatic heterocycles. The quantitative estimate of drug-likeness (QED) is 0.895. The Hall–Kier alpha value is -1.45. The molecule has 18 heavy (non-hydrogen) atoms. The fraction of sp³-hybridized carbons (Fsp3) is 0.643. The number of hydrogen-bond donors (Lipinski definition) is 1. The van der Waals surface area contributed by atoms with E-state index in [0.29, 0.717) is 17.6 Å². The fourth-order valence-electron chi connectivity index (χ4n) is 1.97. The Balaban J connectivity index is 2.19. The first-order valence-corrected chi connectivity index (χ1v) is 6.55. The summed E-state index contributed by atoms with van der Waals surface area (Å²) in [5.41, 5.74) is 6.22. The first-order chi connectivity index (χ1) is 8.37. The van der Waals surface area contributed by atoms with Gasteiger partial charge in [-0.3, -0.25) is 0 Å². The van der Waals surface area contributed by atoms with Crippen molar-refractivity contribution in [3.8, 4) is 5.88 Å². The third-order valence-electron chi connectivity index (χ3n) is 3.26. The molecule has 4 heteroatoms. The van der Waals surface area contributed by atoms with Crippen LogP contribution in [0.25, 0.3) is 0 Å². The number of aromatic nitrogens is 1. The van der Waals surface area contributed by atoms with Crippen LogP contribution in [0.1, 0.15) is 40.0 Å². The minimum absolute atomic E-state index is 0.283. The Bertz CT molecular complexity index is 422. The van der Waals surface area contributed by atoms with Crippen LogP contribution in [0.2, 0.25) is 0 Å². The second kappa shape index (κ2) is 4.67. The summed E-state index contributed by atoms with van der Waals surface area (Å²) in [7, 11) is 2.09. The molecule has 1 aromatic rings. The van der Waals surface area contributed by atoms with Crippen molar-refractivity contribution in [1.82, 2.24) is 4.98 Å². The van der Waals surface area contributed by atoms with Gasteiger partial charge in [0.2, 0.25) is 5.88 Å². The standard InChI is InChI=1S/C14H23N3O/c1-14(2,3)18-13-11(15)8-9-12(16-13)17(4)10-6-5-7-10/h8-10H,5-7,15H2,1-4H3. The molecule has 1 aliphatic carbocycles. The van der Waals surface area contributed by atoms with Gasteiger partial charge in [0.15, 0.2) is 0 Å². The summed E-state index contributed by atoms with van der Waals surface area (Å²) >= 11 is 0. The van der Waals surface area contributed by atoms with E-state index in [9.17, 15) is 0 Å². The summed E-state index contributed by atoms with van der Waals surface area (Å²) in [4.78, 5) is 6.76. The van der Waals surface area contributed by atoms with E-state index in [1.807, 2.05) is 32.9 Å². The SMILES string of the molecule is CN(c1ccc(N)c(OC(C)(C)C)n1)C1CCC1. The van der Waals surface area contributed by atoms with E-state index in [4.69, 9.17) is 10.5 Å². The molecule has 2 rings (SSSR count). The second-order valence-corrected chi connectivity index (χ2v) is 5.97. The van der Waals surface area contributed by atoms with Gasteiger partial charge in [0.25, 0.3) is 0 Å². The molecule has 0 saturated heterocycles. The number of ether oxygens (including phenoxy) is 1. The summed E-state index contributed by atoms with van der Waals surface area (Å²) in [5, 5.41) is 0. The van der Waals surface area contributed by atoms with Gasteiger partial charge >= 0.3 is 0 Å². The topological polar surface area (TPSA) is 51.4 Å². The number of nitrogens with zero attached hydrogens (tertiary/aromatic N) is 2. The molecule has 0 amide bonds. The number of pyridine rings is 1. The molecular weight excluding hydrogens is 226 g/mol. The lowest BCUT2D eigenvalue weighted by Crippen LogP contribution is -2.37. The van der Waals surface area contributed by atoms with Crippen LogP contribution in [0.3, 0.4) is 0 Å². The average Bonchev–Trinajstić information content (AvgIpc) is 2.16. The minimum Gasteiger partial charge on any atom is -0.470 e. The Kier molecular flexibility index (Phi) is 3.37. The summed E-state index contributed by atoms with van der Waals surface area (Å²) in [6.07, 6.45) is 3.81. The van der Waals surface area contributed by atoms with E-state index < -0.39 is 0 Å². The van der Waals surface area contributed by atoms with Gasteiger partial charge in [-0.2, -0.15) is 4.98 Å². The molecule has 1 heterocycles. The highest BCUT2D eigenvalue weighted by Gasteiger charge is 2.24. The van der Waals surface area contributed by atoms with Crippen molar-refractivity contribution in [1.29, 1.82) is 0 Å². The molecular formula is C14H23N3O. The highest BCUT2D eigenvalue weighted by atomic mass is 16.5. The van der Waals surface area contributed by atoms with Crippen molar-refractivity contribution in [3.05, 3.63) is 12.1 Å². The van der Waals surface area contributed by atoms with Crippen LogP contribution in [0.15, 0.2) is 12.1 Å². The Morgan fingerprint density at radius 2 is 2.00 bits per heavy atom. The molecule has 4 nitrogen and oxygen atoms in total. The summed E-state index contributed by atoms with van der Waals surface area (Å²) in [5.74, 6) is 1.47. The zero-order valence-corrected chi connectivity index (χ0v) is 11.7. The molecule has 0 aliphatic heterocycles. The zero-order chi connectivity index (χ0) is 13.3. The minimum atomic E-state index is -0.283. The monoisotopic (exact) mass is 249 g/mol. The van der Waals surface area contributed by atoms with E-state index in [-0.39, 0.29) is 5.60 Å². The van der Waals surface area contributed by atoms with Crippen molar-refractivity contribution < 1.29 is 4.74 Å². The van der Waals surface area contributed by atoms with E-state index in [1.165, 1.54) is 19.3 Å². The largest absolute Gasteiger partial charge is 0.470 e. The van der Waals surface area contributed by atoms with Crippen LogP contribution in [0.4, 0.5) is 11.5 Å². The van der Waals surface area contributed by atoms with Gasteiger partial charge in [0.05, 0.1) is 5.69 Å². The highest BCUT2D eigenvalue weighted by Crippen LogP contribution is 2.30. The van der Waals surface area contributed by atoms with Gasteiger partial charge in [-0.25, -0.2) is 0 Å². The normalized spacial score (nSPS) is 16.2. The van der Waals surface area contributed by atoms with Crippen LogP contribution < -0.4 is 15.4 Å². The van der Waals surface area contributed by atoms with E-state index >= 15 is 0 Å². The highest BCUT2D eigenvalue weighted by molar-refractivity contribution is 5.55. The zero-order valence-electron chi connectivity index (χ0n) is 11.7. The maximum Gasteiger partial charge on any atom is 0.239 e. The molecule has 0 radical (unpaired) electrons. The lowest BCUT2D eigenvalue weighted by molar-refractivity contribution is 0.125. The average molecular weight is 249 g/mol. The van der Waals surface area contributed by atoms with Gasteiger partial charge in [0.1, 0.15) is 11.4 Å². The van der Waals surface area contributed by atoms with Gasteiger partial charge in [-0.1, -0.05) is 0 Å². The first kappa shape index (κ1) is 13.0. The van der Waals surface area contributed by atoms with E-state index in [2.05, 4.69) is 16.9 Å².